The van der Waals surface area contributed by atoms with E-state index >= 15 is 0 Å². The van der Waals surface area contributed by atoms with Crippen LogP contribution < -0.4 is 0 Å². The summed E-state index contributed by atoms with van der Waals surface area (Å²) in [5, 5.41) is 0. The smallest absolute Gasteiger partial charge is 0.0690 e. The molecular formula is C20H48N2O2S2Si2. The van der Waals surface area contributed by atoms with Gasteiger partial charge >= 0.3 is 0 Å². The molecule has 0 spiro atoms. The van der Waals surface area contributed by atoms with Gasteiger partial charge in [0.1, 0.15) is 0 Å². The Morgan fingerprint density at radius 2 is 1.04 bits per heavy atom. The Hall–Kier alpha value is 0.974. The first kappa shape index (κ1) is 29.0. The van der Waals surface area contributed by atoms with Gasteiger partial charge in [0.05, 0.1) is 17.6 Å². The van der Waals surface area contributed by atoms with Gasteiger partial charge < -0.3 is 19.3 Å². The molecule has 0 aliphatic carbocycles. The van der Waals surface area contributed by atoms with Crippen molar-refractivity contribution in [2.45, 2.75) is 50.9 Å². The highest BCUT2D eigenvalue weighted by Crippen LogP contribution is 2.25. The van der Waals surface area contributed by atoms with Crippen LogP contribution in [-0.2, 0) is 9.47 Å². The van der Waals surface area contributed by atoms with Crippen LogP contribution in [0.15, 0.2) is 0 Å². The van der Waals surface area contributed by atoms with E-state index in [1.54, 1.807) is 0 Å². The van der Waals surface area contributed by atoms with Crippen molar-refractivity contribution in [3.05, 3.63) is 0 Å². The Bertz CT molecular complexity index is 301. The van der Waals surface area contributed by atoms with Gasteiger partial charge in [-0.25, -0.2) is 0 Å². The van der Waals surface area contributed by atoms with Crippen LogP contribution in [0.25, 0.3) is 0 Å². The van der Waals surface area contributed by atoms with Gasteiger partial charge in [-0.15, -0.1) is 0 Å². The van der Waals surface area contributed by atoms with Crippen molar-refractivity contribution in [2.24, 2.45) is 0 Å². The summed E-state index contributed by atoms with van der Waals surface area (Å²) in [6, 6.07) is 5.66. The van der Waals surface area contributed by atoms with Crippen LogP contribution in [0.4, 0.5) is 0 Å². The van der Waals surface area contributed by atoms with Crippen LogP contribution in [0.5, 0.6) is 0 Å². The third-order valence-corrected chi connectivity index (χ3v) is 13.4. The molecular weight excluding hydrogens is 421 g/mol. The maximum atomic E-state index is 5.74. The molecule has 170 valence electrons. The molecule has 2 unspecified atom stereocenters. The molecule has 0 radical (unpaired) electrons. The standard InChI is InChI=1S/C20H48N2O2S2Si2/c1-7-23-19-27(17-11-21(3)4)15-9-13-25-26-14-10-16-28(20-24-8-2)18-12-22(5)6/h27-28H,7-20H2,1-6H3. The Morgan fingerprint density at radius 3 is 1.36 bits per heavy atom. The molecule has 0 saturated carbocycles. The maximum absolute atomic E-state index is 5.74. The molecule has 0 heterocycles. The first-order valence-electron chi connectivity index (χ1n) is 11.2. The van der Waals surface area contributed by atoms with Gasteiger partial charge in [0, 0.05) is 37.2 Å². The van der Waals surface area contributed by atoms with Crippen molar-refractivity contribution in [3.8, 4) is 0 Å². The Kier molecular flexibility index (Phi) is 22.0. The fourth-order valence-corrected chi connectivity index (χ4v) is 11.6. The topological polar surface area (TPSA) is 24.9 Å². The quantitative estimate of drug-likeness (QED) is 0.144. The number of hydrogen-bond acceptors (Lipinski definition) is 6. The van der Waals surface area contributed by atoms with Crippen LogP contribution >= 0.6 is 21.6 Å². The molecule has 0 rings (SSSR count). The second-order valence-corrected chi connectivity index (χ2v) is 17.3. The molecule has 0 bridgehead atoms. The van der Waals surface area contributed by atoms with Crippen LogP contribution in [0.1, 0.15) is 26.7 Å². The van der Waals surface area contributed by atoms with Crippen LogP contribution in [0.3, 0.4) is 0 Å². The van der Waals surface area contributed by atoms with Gasteiger partial charge in [0.15, 0.2) is 0 Å². The molecule has 0 amide bonds. The fraction of sp³-hybridized carbons (Fsp3) is 1.00. The van der Waals surface area contributed by atoms with Gasteiger partial charge in [-0.05, 0) is 80.1 Å². The molecule has 0 saturated heterocycles. The number of hydrogen-bond donors (Lipinski definition) is 0. The minimum absolute atomic E-state index is 0.713. The zero-order valence-electron chi connectivity index (χ0n) is 19.6. The summed E-state index contributed by atoms with van der Waals surface area (Å²) in [5.74, 6) is 2.62. The lowest BCUT2D eigenvalue weighted by Crippen LogP contribution is -2.26. The molecule has 0 fully saturated rings. The SMILES string of the molecule is CCOC[SiH](CCCSSCCC[SiH](CCN(C)C)COCC)CCN(C)C. The fourth-order valence-electron chi connectivity index (χ4n) is 3.05. The number of ether oxygens (including phenoxy) is 2. The first-order chi connectivity index (χ1) is 13.5. The highest BCUT2D eigenvalue weighted by Gasteiger charge is 2.12. The van der Waals surface area contributed by atoms with Crippen LogP contribution in [0.2, 0.25) is 24.2 Å². The summed E-state index contributed by atoms with van der Waals surface area (Å²) < 4.78 is 11.5. The minimum atomic E-state index is -0.713. The van der Waals surface area contributed by atoms with Crippen molar-refractivity contribution >= 4 is 39.2 Å². The molecule has 28 heavy (non-hydrogen) atoms. The first-order valence-corrected chi connectivity index (χ1v) is 18.6. The van der Waals surface area contributed by atoms with E-state index in [1.807, 2.05) is 0 Å². The van der Waals surface area contributed by atoms with Crippen molar-refractivity contribution in [1.82, 2.24) is 9.80 Å². The second-order valence-electron chi connectivity index (χ2n) is 8.16. The molecule has 0 aliphatic heterocycles. The normalized spacial score (nSPS) is 14.1. The molecule has 2 atom stereocenters. The van der Waals surface area contributed by atoms with E-state index in [9.17, 15) is 0 Å². The second kappa shape index (κ2) is 21.2. The van der Waals surface area contributed by atoms with E-state index in [1.165, 1.54) is 61.6 Å². The highest BCUT2D eigenvalue weighted by molar-refractivity contribution is 8.76. The Labute approximate surface area is 187 Å². The number of rotatable bonds is 21. The van der Waals surface area contributed by atoms with Crippen LogP contribution in [-0.4, -0.2) is 106 Å². The van der Waals surface area contributed by atoms with Gasteiger partial charge in [0.25, 0.3) is 0 Å². The van der Waals surface area contributed by atoms with E-state index in [4.69, 9.17) is 9.47 Å². The molecule has 0 aromatic rings. The van der Waals surface area contributed by atoms with E-state index in [2.05, 4.69) is 73.4 Å². The van der Waals surface area contributed by atoms with Crippen molar-refractivity contribution in [1.29, 1.82) is 0 Å². The maximum Gasteiger partial charge on any atom is 0.0690 e. The van der Waals surface area contributed by atoms with Gasteiger partial charge in [0.2, 0.25) is 0 Å². The third kappa shape index (κ3) is 20.3. The monoisotopic (exact) mass is 468 g/mol. The number of nitrogens with zero attached hydrogens (tertiary/aromatic N) is 2. The molecule has 0 aromatic heterocycles. The van der Waals surface area contributed by atoms with E-state index in [0.717, 1.165) is 25.7 Å². The van der Waals surface area contributed by atoms with Gasteiger partial charge in [-0.2, -0.15) is 0 Å². The summed E-state index contributed by atoms with van der Waals surface area (Å²) in [6.07, 6.45) is 4.89. The minimum Gasteiger partial charge on any atom is -0.385 e. The molecule has 0 N–H and O–H groups in total. The largest absolute Gasteiger partial charge is 0.385 e. The van der Waals surface area contributed by atoms with Gasteiger partial charge in [-0.1, -0.05) is 33.7 Å². The average Bonchev–Trinajstić information content (AvgIpc) is 2.66. The molecule has 0 aliphatic rings. The molecule has 8 heteroatoms. The predicted molar refractivity (Wildman–Crippen MR) is 138 cm³/mol. The summed E-state index contributed by atoms with van der Waals surface area (Å²) >= 11 is 0. The van der Waals surface area contributed by atoms with Gasteiger partial charge in [-0.3, -0.25) is 0 Å². The lowest BCUT2D eigenvalue weighted by molar-refractivity contribution is 0.189. The zero-order valence-corrected chi connectivity index (χ0v) is 23.5. The summed E-state index contributed by atoms with van der Waals surface area (Å²) in [7, 11) is 11.5. The average molecular weight is 469 g/mol. The predicted octanol–water partition coefficient (Wildman–Crippen LogP) is 3.88. The lowest BCUT2D eigenvalue weighted by atomic mass is 10.6. The van der Waals surface area contributed by atoms with Crippen molar-refractivity contribution < 1.29 is 9.47 Å². The summed E-state index contributed by atoms with van der Waals surface area (Å²) in [6.45, 7) is 8.44. The summed E-state index contributed by atoms with van der Waals surface area (Å²) in [4.78, 5) is 4.63. The van der Waals surface area contributed by atoms with Crippen molar-refractivity contribution in [3.63, 3.8) is 0 Å². The Balaban J connectivity index is 3.77. The molecule has 4 nitrogen and oxygen atoms in total. The molecule has 0 aromatic carbocycles. The van der Waals surface area contributed by atoms with E-state index in [0.29, 0.717) is 0 Å². The van der Waals surface area contributed by atoms with Crippen molar-refractivity contribution in [2.75, 3.05) is 78.5 Å². The summed E-state index contributed by atoms with van der Waals surface area (Å²) in [5.41, 5.74) is 0. The van der Waals surface area contributed by atoms with E-state index in [-0.39, 0.29) is 0 Å². The third-order valence-electron chi connectivity index (χ3n) is 4.85. The Morgan fingerprint density at radius 1 is 0.643 bits per heavy atom. The van der Waals surface area contributed by atoms with Crippen LogP contribution in [0, 0.1) is 0 Å². The lowest BCUT2D eigenvalue weighted by Gasteiger charge is -2.18. The zero-order chi connectivity index (χ0) is 21.0. The highest BCUT2D eigenvalue weighted by atomic mass is 33.1. The van der Waals surface area contributed by atoms with E-state index < -0.39 is 17.6 Å².